The molecular formula is C8H15NO4. The summed E-state index contributed by atoms with van der Waals surface area (Å²) in [6, 6.07) is 0. The summed E-state index contributed by atoms with van der Waals surface area (Å²) in [5.41, 5.74) is 0.256. The molecule has 0 saturated carbocycles. The molecule has 0 aromatic carbocycles. The molecular weight excluding hydrogens is 174 g/mol. The Morgan fingerprint density at radius 3 is 2.38 bits per heavy atom. The molecule has 0 aliphatic rings. The van der Waals surface area contributed by atoms with E-state index in [0.717, 1.165) is 6.92 Å². The molecule has 0 heterocycles. The third-order valence-electron chi connectivity index (χ3n) is 1.11. The first-order valence-corrected chi connectivity index (χ1v) is 3.81. The van der Waals surface area contributed by atoms with E-state index in [1.165, 1.54) is 13.8 Å². The molecule has 13 heavy (non-hydrogen) atoms. The molecule has 76 valence electrons. The Balaban J connectivity index is 3.95. The number of nitrogens with one attached hydrogen (secondary N) is 1. The second-order valence-corrected chi connectivity index (χ2v) is 2.99. The van der Waals surface area contributed by atoms with Gasteiger partial charge in [0.2, 0.25) is 5.91 Å². The summed E-state index contributed by atoms with van der Waals surface area (Å²) in [5.74, 6) is -2.64. The molecule has 0 saturated heterocycles. The first-order valence-electron chi connectivity index (χ1n) is 3.81. The fourth-order valence-electron chi connectivity index (χ4n) is 0.676. The predicted octanol–water partition coefficient (Wildman–Crippen LogP) is -0.300. The molecule has 0 spiro atoms. The summed E-state index contributed by atoms with van der Waals surface area (Å²) in [7, 11) is 0. The number of carbonyl (C=O) groups excluding carboxylic acids is 1. The van der Waals surface area contributed by atoms with Crippen molar-refractivity contribution in [2.24, 2.45) is 0 Å². The molecule has 0 aliphatic carbocycles. The van der Waals surface area contributed by atoms with Crippen LogP contribution in [0, 0.1) is 0 Å². The van der Waals surface area contributed by atoms with E-state index in [1.54, 1.807) is 0 Å². The average Bonchev–Trinajstić information content (AvgIpc) is 1.81. The molecule has 0 amide bonds. The number of hydrogen-bond donors (Lipinski definition) is 3. The minimum absolute atomic E-state index is 0.256. The topological polar surface area (TPSA) is 78.8 Å². The molecule has 0 radical (unpaired) electrons. The zero-order valence-electron chi connectivity index (χ0n) is 8.00. The molecule has 3 N–H and O–H groups in total. The SMILES string of the molecule is C=C(C)C(=O)OC(C)NC(C)(O)O. The van der Waals surface area contributed by atoms with Crippen LogP contribution in [0.4, 0.5) is 0 Å². The Morgan fingerprint density at radius 2 is 2.08 bits per heavy atom. The fraction of sp³-hybridized carbons (Fsp3) is 0.625. The van der Waals surface area contributed by atoms with Gasteiger partial charge in [-0.3, -0.25) is 0 Å². The first kappa shape index (κ1) is 12.1. The van der Waals surface area contributed by atoms with E-state index in [1.807, 2.05) is 0 Å². The number of esters is 1. The van der Waals surface area contributed by atoms with Gasteiger partial charge in [0.05, 0.1) is 0 Å². The minimum atomic E-state index is -2.06. The van der Waals surface area contributed by atoms with Crippen LogP contribution in [0.2, 0.25) is 0 Å². The molecule has 0 bridgehead atoms. The minimum Gasteiger partial charge on any atom is -0.443 e. The van der Waals surface area contributed by atoms with Crippen LogP contribution in [0.5, 0.6) is 0 Å². The van der Waals surface area contributed by atoms with Gasteiger partial charge in [-0.15, -0.1) is 0 Å². The van der Waals surface area contributed by atoms with Gasteiger partial charge < -0.3 is 14.9 Å². The van der Waals surface area contributed by atoms with Gasteiger partial charge in [-0.25, -0.2) is 10.1 Å². The lowest BCUT2D eigenvalue weighted by Crippen LogP contribution is -2.48. The van der Waals surface area contributed by atoms with Gasteiger partial charge in [0, 0.05) is 12.5 Å². The van der Waals surface area contributed by atoms with Gasteiger partial charge in [0.1, 0.15) is 0 Å². The molecule has 0 aliphatic heterocycles. The summed E-state index contributed by atoms with van der Waals surface area (Å²) < 4.78 is 4.72. The van der Waals surface area contributed by atoms with E-state index in [-0.39, 0.29) is 5.57 Å². The molecule has 0 aromatic heterocycles. The zero-order chi connectivity index (χ0) is 10.6. The highest BCUT2D eigenvalue weighted by Crippen LogP contribution is 1.99. The molecule has 1 unspecified atom stereocenters. The number of rotatable bonds is 4. The molecule has 5 nitrogen and oxygen atoms in total. The highest BCUT2D eigenvalue weighted by molar-refractivity contribution is 5.87. The summed E-state index contributed by atoms with van der Waals surface area (Å²) >= 11 is 0. The lowest BCUT2D eigenvalue weighted by molar-refractivity contribution is -0.196. The van der Waals surface area contributed by atoms with Crippen molar-refractivity contribution < 1.29 is 19.7 Å². The Morgan fingerprint density at radius 1 is 1.62 bits per heavy atom. The van der Waals surface area contributed by atoms with E-state index in [9.17, 15) is 4.79 Å². The monoisotopic (exact) mass is 189 g/mol. The van der Waals surface area contributed by atoms with Crippen LogP contribution in [-0.4, -0.2) is 28.3 Å². The highest BCUT2D eigenvalue weighted by atomic mass is 16.6. The maximum atomic E-state index is 10.9. The number of ether oxygens (including phenoxy) is 1. The average molecular weight is 189 g/mol. The molecule has 1 atom stereocenters. The third-order valence-corrected chi connectivity index (χ3v) is 1.11. The van der Waals surface area contributed by atoms with Crippen molar-refractivity contribution in [1.29, 1.82) is 0 Å². The summed E-state index contributed by atoms with van der Waals surface area (Å²) in [6.45, 7) is 7.48. The Bertz CT molecular complexity index is 207. The van der Waals surface area contributed by atoms with Crippen molar-refractivity contribution in [2.75, 3.05) is 0 Å². The van der Waals surface area contributed by atoms with Gasteiger partial charge in [-0.2, -0.15) is 0 Å². The van der Waals surface area contributed by atoms with Crippen molar-refractivity contribution >= 4 is 5.97 Å². The van der Waals surface area contributed by atoms with Crippen LogP contribution >= 0.6 is 0 Å². The van der Waals surface area contributed by atoms with Crippen LogP contribution in [0.25, 0.3) is 0 Å². The van der Waals surface area contributed by atoms with Gasteiger partial charge in [0.15, 0.2) is 6.23 Å². The third kappa shape index (κ3) is 6.27. The lowest BCUT2D eigenvalue weighted by Gasteiger charge is -2.22. The van der Waals surface area contributed by atoms with Gasteiger partial charge in [-0.1, -0.05) is 6.58 Å². The molecule has 0 rings (SSSR count). The van der Waals surface area contributed by atoms with Crippen molar-refractivity contribution in [1.82, 2.24) is 5.32 Å². The fourth-order valence-corrected chi connectivity index (χ4v) is 0.676. The lowest BCUT2D eigenvalue weighted by atomic mass is 10.4. The quantitative estimate of drug-likeness (QED) is 0.321. The van der Waals surface area contributed by atoms with Gasteiger partial charge in [0.25, 0.3) is 0 Å². The van der Waals surface area contributed by atoms with Crippen LogP contribution in [0.1, 0.15) is 20.8 Å². The maximum Gasteiger partial charge on any atom is 0.334 e. The van der Waals surface area contributed by atoms with Crippen LogP contribution in [0.3, 0.4) is 0 Å². The normalized spacial score (nSPS) is 13.6. The second kappa shape index (κ2) is 4.36. The summed E-state index contributed by atoms with van der Waals surface area (Å²) in [5, 5.41) is 20.0. The Kier molecular flexibility index (Phi) is 4.06. The van der Waals surface area contributed by atoms with E-state index in [2.05, 4.69) is 11.9 Å². The second-order valence-electron chi connectivity index (χ2n) is 2.99. The maximum absolute atomic E-state index is 10.9. The Labute approximate surface area is 77.0 Å². The van der Waals surface area contributed by atoms with Crippen LogP contribution < -0.4 is 5.32 Å². The number of hydrogen-bond acceptors (Lipinski definition) is 5. The van der Waals surface area contributed by atoms with Gasteiger partial charge >= 0.3 is 5.97 Å². The Hall–Kier alpha value is -0.910. The first-order chi connectivity index (χ1) is 5.72. The van der Waals surface area contributed by atoms with Gasteiger partial charge in [-0.05, 0) is 13.8 Å². The highest BCUT2D eigenvalue weighted by Gasteiger charge is 2.20. The van der Waals surface area contributed by atoms with Crippen molar-refractivity contribution in [2.45, 2.75) is 32.9 Å². The molecule has 0 fully saturated rings. The summed E-state index contributed by atoms with van der Waals surface area (Å²) in [6.07, 6.45) is -0.788. The number of carbonyl (C=O) groups is 1. The van der Waals surface area contributed by atoms with Crippen molar-refractivity contribution in [3.63, 3.8) is 0 Å². The molecule has 0 aromatic rings. The smallest absolute Gasteiger partial charge is 0.334 e. The van der Waals surface area contributed by atoms with E-state index < -0.39 is 18.1 Å². The predicted molar refractivity (Wildman–Crippen MR) is 46.3 cm³/mol. The van der Waals surface area contributed by atoms with Crippen molar-refractivity contribution in [3.8, 4) is 0 Å². The van der Waals surface area contributed by atoms with E-state index in [4.69, 9.17) is 14.9 Å². The van der Waals surface area contributed by atoms with E-state index in [0.29, 0.717) is 0 Å². The van der Waals surface area contributed by atoms with E-state index >= 15 is 0 Å². The summed E-state index contributed by atoms with van der Waals surface area (Å²) in [4.78, 5) is 10.9. The zero-order valence-corrected chi connectivity index (χ0v) is 8.00. The standard InChI is InChI=1S/C8H15NO4/c1-5(2)7(10)13-6(3)9-8(4,11)12/h6,9,11-12H,1H2,2-4H3. The number of aliphatic hydroxyl groups is 2. The largest absolute Gasteiger partial charge is 0.443 e. The molecule has 5 heteroatoms. The van der Waals surface area contributed by atoms with Crippen LogP contribution in [0.15, 0.2) is 12.2 Å². The van der Waals surface area contributed by atoms with Crippen LogP contribution in [-0.2, 0) is 9.53 Å². The van der Waals surface area contributed by atoms with Crippen molar-refractivity contribution in [3.05, 3.63) is 12.2 Å².